The topological polar surface area (TPSA) is 72.9 Å². The van der Waals surface area contributed by atoms with Gasteiger partial charge in [0.1, 0.15) is 18.1 Å². The summed E-state index contributed by atoms with van der Waals surface area (Å²) in [6, 6.07) is 15.3. The lowest BCUT2D eigenvalue weighted by molar-refractivity contribution is -0.117. The monoisotopic (exact) mass is 493 g/mol. The normalized spacial score (nSPS) is 15.1. The van der Waals surface area contributed by atoms with Crippen molar-refractivity contribution in [2.24, 2.45) is 0 Å². The maximum Gasteiger partial charge on any atom is 0.244 e. The summed E-state index contributed by atoms with van der Waals surface area (Å²) in [6.07, 6.45) is 3.35. The zero-order valence-electron chi connectivity index (χ0n) is 20.1. The van der Waals surface area contributed by atoms with Gasteiger partial charge in [-0.05, 0) is 36.8 Å². The average Bonchev–Trinajstić information content (AvgIpc) is 3.32. The highest BCUT2D eigenvalue weighted by Gasteiger charge is 2.20. The number of morpholine rings is 1. The number of amides is 1. The van der Waals surface area contributed by atoms with Crippen molar-refractivity contribution >= 4 is 23.3 Å². The summed E-state index contributed by atoms with van der Waals surface area (Å²) >= 11 is 1.60. The zero-order chi connectivity index (χ0) is 24.5. The number of methoxy groups -OCH3 is 1. The van der Waals surface area contributed by atoms with Crippen molar-refractivity contribution in [3.8, 4) is 11.5 Å². The number of benzene rings is 2. The molecule has 1 N–H and O–H groups in total. The van der Waals surface area contributed by atoms with Crippen molar-refractivity contribution in [1.29, 1.82) is 0 Å². The number of carbonyl (C=O) groups is 1. The van der Waals surface area contributed by atoms with E-state index in [1.165, 1.54) is 0 Å². The molecule has 1 amide bonds. The molecule has 1 aromatic heterocycles. The van der Waals surface area contributed by atoms with Crippen LogP contribution in [-0.4, -0.2) is 55.7 Å². The quantitative estimate of drug-likeness (QED) is 0.426. The number of ether oxygens (including phenoxy) is 3. The third kappa shape index (κ3) is 7.39. The van der Waals surface area contributed by atoms with Crippen LogP contribution in [0, 0.1) is 6.92 Å². The molecule has 1 atom stereocenters. The van der Waals surface area contributed by atoms with Crippen molar-refractivity contribution in [3.63, 3.8) is 0 Å². The van der Waals surface area contributed by atoms with Gasteiger partial charge in [-0.1, -0.05) is 30.3 Å². The Balaban J connectivity index is 1.43. The molecule has 184 valence electrons. The number of hydrogen-bond acceptors (Lipinski definition) is 7. The van der Waals surface area contributed by atoms with E-state index in [2.05, 4.69) is 15.2 Å². The van der Waals surface area contributed by atoms with E-state index in [4.69, 9.17) is 14.2 Å². The van der Waals surface area contributed by atoms with Gasteiger partial charge in [0.25, 0.3) is 0 Å². The minimum atomic E-state index is -0.163. The zero-order valence-corrected chi connectivity index (χ0v) is 20.9. The van der Waals surface area contributed by atoms with Crippen LogP contribution in [0.15, 0.2) is 60.0 Å². The number of nitrogens with one attached hydrogen (secondary N) is 1. The molecule has 35 heavy (non-hydrogen) atoms. The molecule has 4 rings (SSSR count). The minimum Gasteiger partial charge on any atom is -0.497 e. The Morgan fingerprint density at radius 2 is 1.97 bits per heavy atom. The molecule has 0 aliphatic carbocycles. The average molecular weight is 494 g/mol. The molecule has 2 aromatic carbocycles. The first kappa shape index (κ1) is 24.9. The summed E-state index contributed by atoms with van der Waals surface area (Å²) < 4.78 is 16.7. The fraction of sp³-hybridized carbons (Fsp3) is 0.333. The van der Waals surface area contributed by atoms with Crippen LogP contribution in [0.25, 0.3) is 6.08 Å². The second kappa shape index (κ2) is 12.5. The van der Waals surface area contributed by atoms with E-state index in [0.717, 1.165) is 40.7 Å². The van der Waals surface area contributed by atoms with Gasteiger partial charge < -0.3 is 19.5 Å². The predicted molar refractivity (Wildman–Crippen MR) is 138 cm³/mol. The summed E-state index contributed by atoms with van der Waals surface area (Å²) in [6.45, 7) is 6.19. The largest absolute Gasteiger partial charge is 0.497 e. The van der Waals surface area contributed by atoms with Crippen molar-refractivity contribution < 1.29 is 19.0 Å². The summed E-state index contributed by atoms with van der Waals surface area (Å²) in [4.78, 5) is 19.7. The first-order chi connectivity index (χ1) is 17.1. The Kier molecular flexibility index (Phi) is 8.89. The summed E-state index contributed by atoms with van der Waals surface area (Å²) in [5.74, 6) is 1.33. The third-order valence-electron chi connectivity index (χ3n) is 5.75. The van der Waals surface area contributed by atoms with Crippen LogP contribution in [-0.2, 0) is 16.1 Å². The number of nitrogens with zero attached hydrogens (tertiary/aromatic N) is 2. The van der Waals surface area contributed by atoms with Gasteiger partial charge in [-0.3, -0.25) is 9.69 Å². The van der Waals surface area contributed by atoms with Crippen LogP contribution < -0.4 is 14.8 Å². The standard InChI is InChI=1S/C27H31N3O4S/c1-20-28-23(19-35-20)18-34-26-6-4-3-5-22(26)9-12-27(31)29-25(17-30-13-15-33-16-14-30)21-7-10-24(32-2)11-8-21/h3-12,19,25H,13-18H2,1-2H3,(H,29,31). The van der Waals surface area contributed by atoms with Crippen LogP contribution in [0.3, 0.4) is 0 Å². The SMILES string of the molecule is COc1ccc(C(CN2CCOCC2)NC(=O)C=Cc2ccccc2OCc2csc(C)n2)cc1. The lowest BCUT2D eigenvalue weighted by Crippen LogP contribution is -2.42. The number of rotatable bonds is 10. The predicted octanol–water partition coefficient (Wildman–Crippen LogP) is 4.24. The van der Waals surface area contributed by atoms with Gasteiger partial charge in [-0.2, -0.15) is 0 Å². The van der Waals surface area contributed by atoms with Crippen molar-refractivity contribution in [2.75, 3.05) is 40.0 Å². The molecule has 1 saturated heterocycles. The molecule has 1 aliphatic rings. The first-order valence-corrected chi connectivity index (χ1v) is 12.5. The Morgan fingerprint density at radius 1 is 1.20 bits per heavy atom. The number of aryl methyl sites for hydroxylation is 1. The number of aromatic nitrogens is 1. The van der Waals surface area contributed by atoms with E-state index in [1.54, 1.807) is 30.6 Å². The van der Waals surface area contributed by atoms with Crippen molar-refractivity contribution in [1.82, 2.24) is 15.2 Å². The Bertz CT molecular complexity index is 1120. The second-order valence-corrected chi connectivity index (χ2v) is 9.33. The van der Waals surface area contributed by atoms with Crippen LogP contribution in [0.4, 0.5) is 0 Å². The summed E-state index contributed by atoms with van der Waals surface area (Å²) in [5, 5.41) is 6.18. The lowest BCUT2D eigenvalue weighted by Gasteiger charge is -2.31. The van der Waals surface area contributed by atoms with Crippen LogP contribution >= 0.6 is 11.3 Å². The fourth-order valence-corrected chi connectivity index (χ4v) is 4.47. The van der Waals surface area contributed by atoms with E-state index in [0.29, 0.717) is 32.1 Å². The fourth-order valence-electron chi connectivity index (χ4n) is 3.87. The smallest absolute Gasteiger partial charge is 0.244 e. The highest BCUT2D eigenvalue weighted by molar-refractivity contribution is 7.09. The molecule has 0 bridgehead atoms. The molecule has 2 heterocycles. The molecule has 1 aliphatic heterocycles. The van der Waals surface area contributed by atoms with Gasteiger partial charge in [0.2, 0.25) is 5.91 Å². The molecular weight excluding hydrogens is 462 g/mol. The lowest BCUT2D eigenvalue weighted by atomic mass is 10.1. The van der Waals surface area contributed by atoms with Crippen LogP contribution in [0.1, 0.15) is 27.9 Å². The van der Waals surface area contributed by atoms with E-state index >= 15 is 0 Å². The minimum absolute atomic E-state index is 0.157. The molecule has 0 spiro atoms. The number of hydrogen-bond donors (Lipinski definition) is 1. The second-order valence-electron chi connectivity index (χ2n) is 8.27. The molecule has 7 nitrogen and oxygen atoms in total. The molecule has 1 unspecified atom stereocenters. The van der Waals surface area contributed by atoms with Crippen molar-refractivity contribution in [3.05, 3.63) is 81.8 Å². The molecule has 0 radical (unpaired) electrons. The van der Waals surface area contributed by atoms with Crippen LogP contribution in [0.2, 0.25) is 0 Å². The Morgan fingerprint density at radius 3 is 2.69 bits per heavy atom. The molecule has 1 fully saturated rings. The highest BCUT2D eigenvalue weighted by Crippen LogP contribution is 2.22. The van der Waals surface area contributed by atoms with Gasteiger partial charge in [-0.15, -0.1) is 11.3 Å². The number of carbonyl (C=O) groups excluding carboxylic acids is 1. The van der Waals surface area contributed by atoms with Gasteiger partial charge in [-0.25, -0.2) is 4.98 Å². The molecular formula is C27H31N3O4S. The summed E-state index contributed by atoms with van der Waals surface area (Å²) in [5.41, 5.74) is 2.76. The Labute approximate surface area is 210 Å². The van der Waals surface area contributed by atoms with Crippen LogP contribution in [0.5, 0.6) is 11.5 Å². The van der Waals surface area contributed by atoms with Gasteiger partial charge in [0.15, 0.2) is 0 Å². The van der Waals surface area contributed by atoms with Crippen molar-refractivity contribution in [2.45, 2.75) is 19.6 Å². The molecule has 0 saturated carbocycles. The van der Waals surface area contributed by atoms with E-state index in [9.17, 15) is 4.79 Å². The molecule has 3 aromatic rings. The maximum atomic E-state index is 12.9. The van der Waals surface area contributed by atoms with Gasteiger partial charge in [0.05, 0.1) is 37.1 Å². The van der Waals surface area contributed by atoms with Gasteiger partial charge >= 0.3 is 0 Å². The number of para-hydroxylation sites is 1. The highest BCUT2D eigenvalue weighted by atomic mass is 32.1. The van der Waals surface area contributed by atoms with E-state index in [1.807, 2.05) is 60.8 Å². The Hall–Kier alpha value is -3.20. The van der Waals surface area contributed by atoms with E-state index in [-0.39, 0.29) is 11.9 Å². The third-order valence-corrected chi connectivity index (χ3v) is 6.58. The molecule has 8 heteroatoms. The summed E-state index contributed by atoms with van der Waals surface area (Å²) in [7, 11) is 1.65. The maximum absolute atomic E-state index is 12.9. The van der Waals surface area contributed by atoms with E-state index < -0.39 is 0 Å². The van der Waals surface area contributed by atoms with Gasteiger partial charge in [0, 0.05) is 36.7 Å². The number of thiazole rings is 1. The first-order valence-electron chi connectivity index (χ1n) is 11.7.